The van der Waals surface area contributed by atoms with Crippen LogP contribution in [0.1, 0.15) is 46.6 Å². The molecule has 0 unspecified atom stereocenters. The van der Waals surface area contributed by atoms with Crippen molar-refractivity contribution in [3.8, 4) is 0 Å². The Kier molecular flexibility index (Phi) is 8.29. The van der Waals surface area contributed by atoms with Gasteiger partial charge in [-0.15, -0.1) is 0 Å². The summed E-state index contributed by atoms with van der Waals surface area (Å²) in [6.45, 7) is 9.21. The summed E-state index contributed by atoms with van der Waals surface area (Å²) in [5.74, 6) is -0.144. The van der Waals surface area contributed by atoms with Gasteiger partial charge in [0.25, 0.3) is 0 Å². The van der Waals surface area contributed by atoms with E-state index in [9.17, 15) is 14.4 Å². The van der Waals surface area contributed by atoms with Crippen molar-refractivity contribution in [1.29, 1.82) is 0 Å². The van der Waals surface area contributed by atoms with Crippen LogP contribution in [-0.4, -0.2) is 36.0 Å². The van der Waals surface area contributed by atoms with Crippen LogP contribution in [-0.2, 0) is 20.7 Å². The molecular formula is C20H30N2O4. The lowest BCUT2D eigenvalue weighted by Gasteiger charge is -2.24. The van der Waals surface area contributed by atoms with Crippen molar-refractivity contribution in [1.82, 2.24) is 10.6 Å². The summed E-state index contributed by atoms with van der Waals surface area (Å²) in [6, 6.07) is 7.95. The second-order valence-corrected chi connectivity index (χ2v) is 7.77. The number of amides is 2. The average Bonchev–Trinajstić information content (AvgIpc) is 2.52. The number of alkyl carbamates (subject to hydrolysis) is 1. The minimum absolute atomic E-state index is 0.261. The summed E-state index contributed by atoms with van der Waals surface area (Å²) in [5, 5.41) is 5.32. The Morgan fingerprint density at radius 2 is 1.73 bits per heavy atom. The Bertz CT molecular complexity index is 594. The summed E-state index contributed by atoms with van der Waals surface area (Å²) >= 11 is 0. The summed E-state index contributed by atoms with van der Waals surface area (Å²) < 4.78 is 5.25. The van der Waals surface area contributed by atoms with Crippen molar-refractivity contribution in [2.45, 2.75) is 65.1 Å². The first-order valence-corrected chi connectivity index (χ1v) is 8.90. The number of ether oxygens (including phenoxy) is 1. The van der Waals surface area contributed by atoms with E-state index in [-0.39, 0.29) is 5.92 Å². The van der Waals surface area contributed by atoms with Gasteiger partial charge in [0.1, 0.15) is 17.9 Å². The fraction of sp³-hybridized carbons (Fsp3) is 0.550. The molecule has 0 aliphatic rings. The Hall–Kier alpha value is -2.37. The lowest BCUT2D eigenvalue weighted by molar-refractivity contribution is -0.126. The Labute approximate surface area is 155 Å². The van der Waals surface area contributed by atoms with Gasteiger partial charge in [0.05, 0.1) is 6.04 Å². The topological polar surface area (TPSA) is 84.5 Å². The minimum atomic E-state index is -0.832. The monoisotopic (exact) mass is 362 g/mol. The van der Waals surface area contributed by atoms with E-state index < -0.39 is 29.7 Å². The maximum absolute atomic E-state index is 12.7. The van der Waals surface area contributed by atoms with Crippen LogP contribution in [0.5, 0.6) is 0 Å². The number of nitrogens with one attached hydrogen (secondary N) is 2. The zero-order chi connectivity index (χ0) is 19.7. The molecule has 1 rings (SSSR count). The van der Waals surface area contributed by atoms with Crippen LogP contribution < -0.4 is 10.6 Å². The summed E-state index contributed by atoms with van der Waals surface area (Å²) in [5.41, 5.74) is 0.233. The van der Waals surface area contributed by atoms with Crippen LogP contribution in [0, 0.1) is 5.92 Å². The van der Waals surface area contributed by atoms with E-state index in [1.54, 1.807) is 20.8 Å². The summed E-state index contributed by atoms with van der Waals surface area (Å²) in [7, 11) is 0. The molecule has 0 saturated carbocycles. The molecule has 0 heterocycles. The van der Waals surface area contributed by atoms with Gasteiger partial charge in [-0.3, -0.25) is 4.79 Å². The van der Waals surface area contributed by atoms with Gasteiger partial charge in [-0.1, -0.05) is 44.2 Å². The highest BCUT2D eigenvalue weighted by atomic mass is 16.6. The lowest BCUT2D eigenvalue weighted by atomic mass is 10.0. The zero-order valence-electron chi connectivity index (χ0n) is 16.2. The van der Waals surface area contributed by atoms with Crippen molar-refractivity contribution >= 4 is 18.3 Å². The minimum Gasteiger partial charge on any atom is -0.444 e. The maximum atomic E-state index is 12.7. The molecule has 2 amide bonds. The molecule has 0 aliphatic heterocycles. The van der Waals surface area contributed by atoms with Crippen LogP contribution in [0.25, 0.3) is 0 Å². The van der Waals surface area contributed by atoms with E-state index in [4.69, 9.17) is 4.74 Å². The largest absolute Gasteiger partial charge is 0.444 e. The highest BCUT2D eigenvalue weighted by Crippen LogP contribution is 2.09. The van der Waals surface area contributed by atoms with E-state index in [1.807, 2.05) is 44.2 Å². The smallest absolute Gasteiger partial charge is 0.408 e. The van der Waals surface area contributed by atoms with Gasteiger partial charge >= 0.3 is 6.09 Å². The molecule has 144 valence electrons. The number of carbonyl (C=O) groups excluding carboxylic acids is 3. The van der Waals surface area contributed by atoms with E-state index in [2.05, 4.69) is 10.6 Å². The molecular weight excluding hydrogens is 332 g/mol. The number of rotatable bonds is 8. The molecule has 0 radical (unpaired) electrons. The predicted octanol–water partition coefficient (Wildman–Crippen LogP) is 2.85. The first-order valence-electron chi connectivity index (χ1n) is 8.90. The Morgan fingerprint density at radius 1 is 1.12 bits per heavy atom. The average molecular weight is 362 g/mol. The maximum Gasteiger partial charge on any atom is 0.408 e. The molecule has 0 spiro atoms. The molecule has 1 aromatic rings. The first kappa shape index (κ1) is 21.7. The van der Waals surface area contributed by atoms with Gasteiger partial charge < -0.3 is 20.2 Å². The number of benzene rings is 1. The predicted molar refractivity (Wildman–Crippen MR) is 101 cm³/mol. The van der Waals surface area contributed by atoms with Crippen LogP contribution in [0.15, 0.2) is 30.3 Å². The second-order valence-electron chi connectivity index (χ2n) is 7.77. The molecule has 0 saturated heterocycles. The van der Waals surface area contributed by atoms with Crippen LogP contribution in [0.3, 0.4) is 0 Å². The van der Waals surface area contributed by atoms with E-state index in [0.29, 0.717) is 12.8 Å². The van der Waals surface area contributed by atoms with Crippen LogP contribution in [0.4, 0.5) is 4.79 Å². The third kappa shape index (κ3) is 8.65. The third-order valence-corrected chi connectivity index (χ3v) is 3.51. The van der Waals surface area contributed by atoms with Gasteiger partial charge in [-0.05, 0) is 38.7 Å². The number of aldehydes is 1. The van der Waals surface area contributed by atoms with Crippen molar-refractivity contribution in [3.63, 3.8) is 0 Å². The fourth-order valence-corrected chi connectivity index (χ4v) is 2.45. The summed E-state index contributed by atoms with van der Waals surface area (Å²) in [4.78, 5) is 36.0. The fourth-order valence-electron chi connectivity index (χ4n) is 2.45. The van der Waals surface area contributed by atoms with E-state index >= 15 is 0 Å². The van der Waals surface area contributed by atoms with E-state index in [0.717, 1.165) is 11.8 Å². The standard InChI is InChI=1S/C20H30N2O4/c1-14(2)11-16(13-23)21-18(24)17(12-15-9-7-6-8-10-15)22-19(25)26-20(3,4)5/h6-10,13-14,16-17H,11-12H2,1-5H3,(H,21,24)(H,22,25)/t16-,17-/m0/s1. The lowest BCUT2D eigenvalue weighted by Crippen LogP contribution is -2.52. The highest BCUT2D eigenvalue weighted by molar-refractivity contribution is 5.87. The first-order chi connectivity index (χ1) is 12.1. The second kappa shape index (κ2) is 9.94. The highest BCUT2D eigenvalue weighted by Gasteiger charge is 2.26. The van der Waals surface area contributed by atoms with Gasteiger partial charge in [-0.2, -0.15) is 0 Å². The zero-order valence-corrected chi connectivity index (χ0v) is 16.2. The Balaban J connectivity index is 2.86. The SMILES string of the molecule is CC(C)C[C@@H](C=O)NC(=O)[C@H](Cc1ccccc1)NC(=O)OC(C)(C)C. The van der Waals surface area contributed by atoms with Crippen molar-refractivity contribution in [3.05, 3.63) is 35.9 Å². The Morgan fingerprint density at radius 3 is 2.23 bits per heavy atom. The van der Waals surface area contributed by atoms with E-state index in [1.165, 1.54) is 0 Å². The molecule has 0 bridgehead atoms. The molecule has 0 aromatic heterocycles. The number of hydrogen-bond donors (Lipinski definition) is 2. The normalized spacial score (nSPS) is 13.6. The molecule has 2 atom stereocenters. The van der Waals surface area contributed by atoms with Crippen molar-refractivity contribution < 1.29 is 19.1 Å². The van der Waals surface area contributed by atoms with Gasteiger partial charge in [0.15, 0.2) is 0 Å². The third-order valence-electron chi connectivity index (χ3n) is 3.51. The quantitative estimate of drug-likeness (QED) is 0.697. The molecule has 2 N–H and O–H groups in total. The molecule has 1 aromatic carbocycles. The van der Waals surface area contributed by atoms with Gasteiger partial charge in [0, 0.05) is 6.42 Å². The molecule has 6 nitrogen and oxygen atoms in total. The van der Waals surface area contributed by atoms with Crippen LogP contribution in [0.2, 0.25) is 0 Å². The number of carbonyl (C=O) groups is 3. The van der Waals surface area contributed by atoms with Crippen molar-refractivity contribution in [2.24, 2.45) is 5.92 Å². The van der Waals surface area contributed by atoms with Gasteiger partial charge in [0.2, 0.25) is 5.91 Å². The van der Waals surface area contributed by atoms with Crippen LogP contribution >= 0.6 is 0 Å². The molecule has 0 fully saturated rings. The molecule has 0 aliphatic carbocycles. The molecule has 26 heavy (non-hydrogen) atoms. The number of hydrogen-bond acceptors (Lipinski definition) is 4. The van der Waals surface area contributed by atoms with Crippen molar-refractivity contribution in [2.75, 3.05) is 0 Å². The summed E-state index contributed by atoms with van der Waals surface area (Å²) in [6.07, 6.45) is 0.907. The van der Waals surface area contributed by atoms with Gasteiger partial charge in [-0.25, -0.2) is 4.79 Å². The molecule has 6 heteroatoms.